The number of fused-ring (bicyclic) bond motifs is 7. The highest BCUT2D eigenvalue weighted by Gasteiger charge is 2.71. The quantitative estimate of drug-likeness (QED) is 0.193. The van der Waals surface area contributed by atoms with Gasteiger partial charge in [0.15, 0.2) is 17.1 Å². The van der Waals surface area contributed by atoms with Crippen LogP contribution in [0.4, 0.5) is 0 Å². The Bertz CT molecular complexity index is 1730. The Hall–Kier alpha value is -3.33. The number of carboxylic acid groups (broad SMARTS) is 2. The molecule has 10 atom stereocenters. The van der Waals surface area contributed by atoms with Crippen molar-refractivity contribution in [2.45, 2.75) is 125 Å². The van der Waals surface area contributed by atoms with Gasteiger partial charge in [0.05, 0.1) is 11.8 Å². The van der Waals surface area contributed by atoms with Crippen molar-refractivity contribution in [2.24, 2.45) is 56.2 Å². The van der Waals surface area contributed by atoms with E-state index in [9.17, 15) is 34.2 Å². The smallest absolute Gasteiger partial charge is 0.332 e. The minimum atomic E-state index is -2.19. The number of carbonyl (C=O) groups excluding carboxylic acids is 3. The molecule has 6 rings (SSSR count). The average molecular weight is 732 g/mol. The molecule has 0 spiro atoms. The van der Waals surface area contributed by atoms with Gasteiger partial charge < -0.3 is 14.9 Å². The van der Waals surface area contributed by atoms with Gasteiger partial charge in [0.2, 0.25) is 0 Å². The molecule has 1 aromatic rings. The maximum absolute atomic E-state index is 14.9. The number of allylic oxidation sites excluding steroid dienone is 2. The Morgan fingerprint density at radius 1 is 0.868 bits per heavy atom. The fourth-order valence-electron chi connectivity index (χ4n) is 13.1. The molecule has 0 amide bonds. The van der Waals surface area contributed by atoms with Crippen LogP contribution in [0.2, 0.25) is 0 Å². The lowest BCUT2D eigenvalue weighted by Crippen LogP contribution is -2.68. The number of benzene rings is 1. The number of likely N-dealkylation sites (N-methyl/N-ethyl adjacent to an activating group) is 1. The van der Waals surface area contributed by atoms with Crippen molar-refractivity contribution in [1.82, 2.24) is 4.90 Å². The van der Waals surface area contributed by atoms with E-state index in [-0.39, 0.29) is 52.4 Å². The number of carboxylic acids is 2. The van der Waals surface area contributed by atoms with Crippen LogP contribution in [-0.4, -0.2) is 64.2 Å². The molecule has 0 bridgehead atoms. The van der Waals surface area contributed by atoms with Crippen molar-refractivity contribution in [3.63, 3.8) is 0 Å². The molecule has 0 saturated heterocycles. The third-order valence-corrected chi connectivity index (χ3v) is 16.6. The van der Waals surface area contributed by atoms with Crippen LogP contribution in [0.5, 0.6) is 0 Å². The minimum absolute atomic E-state index is 0.0193. The SMILES string of the molecule is CN(C)C(CC(=O)O)(C(=O)O)C(=O)[C@H]1CC[C@]2(C)[C@H]3C(=O)C=C4[C@@H]5C[C@@](C)(C(=O)OCc6ccccc6)CC[C@]5(C)CC[C@@]4(C)[C@]3(C)CC[C@H]2C1(C)C. The largest absolute Gasteiger partial charge is 0.481 e. The monoisotopic (exact) mass is 731 g/mol. The first-order valence-corrected chi connectivity index (χ1v) is 19.7. The number of aliphatic carboxylic acids is 2. The van der Waals surface area contributed by atoms with E-state index in [1.807, 2.05) is 57.2 Å². The zero-order chi connectivity index (χ0) is 39.2. The first kappa shape index (κ1) is 39.4. The third-order valence-electron chi connectivity index (χ3n) is 16.6. The summed E-state index contributed by atoms with van der Waals surface area (Å²) in [6.45, 7) is 15.6. The second kappa shape index (κ2) is 12.9. The van der Waals surface area contributed by atoms with Gasteiger partial charge in [-0.1, -0.05) is 77.4 Å². The van der Waals surface area contributed by atoms with Gasteiger partial charge in [0, 0.05) is 11.8 Å². The zero-order valence-corrected chi connectivity index (χ0v) is 33.3. The molecule has 5 aliphatic rings. The van der Waals surface area contributed by atoms with Crippen LogP contribution >= 0.6 is 0 Å². The normalized spacial score (nSPS) is 40.0. The predicted molar refractivity (Wildman–Crippen MR) is 200 cm³/mol. The number of rotatable bonds is 9. The Labute approximate surface area is 315 Å². The topological polar surface area (TPSA) is 138 Å². The molecule has 0 heterocycles. The lowest BCUT2D eigenvalue weighted by Gasteiger charge is -2.70. The van der Waals surface area contributed by atoms with E-state index >= 15 is 0 Å². The van der Waals surface area contributed by atoms with E-state index in [2.05, 4.69) is 27.7 Å². The molecule has 0 aromatic heterocycles. The maximum atomic E-state index is 14.9. The second-order valence-corrected chi connectivity index (χ2v) is 19.7. The second-order valence-electron chi connectivity index (χ2n) is 19.7. The summed E-state index contributed by atoms with van der Waals surface area (Å²) in [4.78, 5) is 69.2. The van der Waals surface area contributed by atoms with Gasteiger partial charge in [0.25, 0.3) is 0 Å². The van der Waals surface area contributed by atoms with Crippen molar-refractivity contribution in [3.8, 4) is 0 Å². The van der Waals surface area contributed by atoms with Crippen LogP contribution in [0.15, 0.2) is 42.0 Å². The molecule has 5 aliphatic carbocycles. The molecule has 4 saturated carbocycles. The molecule has 2 N–H and O–H groups in total. The van der Waals surface area contributed by atoms with Crippen LogP contribution in [0.1, 0.15) is 118 Å². The molecule has 1 aromatic carbocycles. The van der Waals surface area contributed by atoms with Gasteiger partial charge in [0.1, 0.15) is 6.61 Å². The van der Waals surface area contributed by atoms with Gasteiger partial charge in [-0.15, -0.1) is 0 Å². The summed E-state index contributed by atoms with van der Waals surface area (Å²) in [6.07, 6.45) is 7.96. The van der Waals surface area contributed by atoms with Crippen LogP contribution < -0.4 is 0 Å². The number of hydrogen-bond donors (Lipinski definition) is 2. The number of ketones is 2. The number of nitrogens with zero attached hydrogens (tertiary/aromatic N) is 1. The molecule has 4 fully saturated rings. The van der Waals surface area contributed by atoms with Gasteiger partial charge in [-0.05, 0) is 129 Å². The van der Waals surface area contributed by atoms with Crippen LogP contribution in [0.3, 0.4) is 0 Å². The predicted octanol–water partition coefficient (Wildman–Crippen LogP) is 7.76. The van der Waals surface area contributed by atoms with E-state index in [0.717, 1.165) is 44.1 Å². The summed E-state index contributed by atoms with van der Waals surface area (Å²) in [5.41, 5.74) is -2.45. The van der Waals surface area contributed by atoms with Gasteiger partial charge in [-0.25, -0.2) is 4.79 Å². The van der Waals surface area contributed by atoms with E-state index in [4.69, 9.17) is 4.74 Å². The van der Waals surface area contributed by atoms with E-state index in [0.29, 0.717) is 19.3 Å². The third kappa shape index (κ3) is 5.68. The van der Waals surface area contributed by atoms with Crippen molar-refractivity contribution >= 4 is 29.5 Å². The Morgan fingerprint density at radius 3 is 2.11 bits per heavy atom. The first-order valence-electron chi connectivity index (χ1n) is 19.7. The molecule has 53 heavy (non-hydrogen) atoms. The molecular weight excluding hydrogens is 670 g/mol. The molecule has 290 valence electrons. The molecule has 0 aliphatic heterocycles. The molecule has 9 heteroatoms. The average Bonchev–Trinajstić information content (AvgIpc) is 3.07. The van der Waals surface area contributed by atoms with Gasteiger partial charge >= 0.3 is 17.9 Å². The number of esters is 1. The number of ether oxygens (including phenoxy) is 1. The van der Waals surface area contributed by atoms with Crippen LogP contribution in [-0.2, 0) is 35.3 Å². The number of hydrogen-bond acceptors (Lipinski definition) is 7. The fraction of sp³-hybridized carbons (Fsp3) is 0.705. The van der Waals surface area contributed by atoms with Crippen LogP contribution in [0, 0.1) is 56.2 Å². The molecular formula is C44H61NO8. The lowest BCUT2D eigenvalue weighted by atomic mass is 9.33. The Morgan fingerprint density at radius 2 is 1.51 bits per heavy atom. The molecule has 1 unspecified atom stereocenters. The summed E-state index contributed by atoms with van der Waals surface area (Å²) in [7, 11) is 2.92. The van der Waals surface area contributed by atoms with E-state index in [1.54, 1.807) is 0 Å². The Kier molecular flexibility index (Phi) is 9.57. The van der Waals surface area contributed by atoms with Crippen molar-refractivity contribution in [2.75, 3.05) is 14.1 Å². The minimum Gasteiger partial charge on any atom is -0.481 e. The van der Waals surface area contributed by atoms with Gasteiger partial charge in [-0.3, -0.25) is 24.1 Å². The fourth-order valence-corrected chi connectivity index (χ4v) is 13.1. The van der Waals surface area contributed by atoms with E-state index < -0.39 is 51.8 Å². The van der Waals surface area contributed by atoms with Crippen molar-refractivity contribution < 1.29 is 38.9 Å². The highest BCUT2D eigenvalue weighted by molar-refractivity contribution is 6.11. The highest BCUT2D eigenvalue weighted by Crippen LogP contribution is 2.75. The summed E-state index contributed by atoms with van der Waals surface area (Å²) in [5, 5.41) is 20.2. The highest BCUT2D eigenvalue weighted by atomic mass is 16.5. The van der Waals surface area contributed by atoms with Gasteiger partial charge in [-0.2, -0.15) is 0 Å². The maximum Gasteiger partial charge on any atom is 0.332 e. The summed E-state index contributed by atoms with van der Waals surface area (Å²) in [6, 6.07) is 9.75. The van der Waals surface area contributed by atoms with Crippen molar-refractivity contribution in [1.29, 1.82) is 0 Å². The lowest BCUT2D eigenvalue weighted by molar-refractivity contribution is -0.197. The van der Waals surface area contributed by atoms with Crippen molar-refractivity contribution in [3.05, 3.63) is 47.5 Å². The zero-order valence-electron chi connectivity index (χ0n) is 33.3. The van der Waals surface area contributed by atoms with Crippen LogP contribution in [0.25, 0.3) is 0 Å². The molecule has 9 nitrogen and oxygen atoms in total. The standard InChI is InChI=1S/C44H61NO8/c1-38(2)28(35(49)44(36(50)51,45(8)9)25-33(47)48)15-17-41(5)32(38)16-18-43(7)34(41)31(46)23-29-30-24-40(4,20-19-39(30,3)21-22-42(29,43)6)37(52)53-26-27-13-11-10-12-14-27/h10-14,23,28,30,32,34H,15-22,24-26H2,1-9H3,(H,47,48)(H,50,51)/t28-,30+,32+,34-,39-,40+,41+,42-,43-,44?/m1/s1. The summed E-state index contributed by atoms with van der Waals surface area (Å²) < 4.78 is 5.94. The summed E-state index contributed by atoms with van der Waals surface area (Å²) >= 11 is 0. The van der Waals surface area contributed by atoms with E-state index in [1.165, 1.54) is 24.6 Å². The molecule has 0 radical (unpaired) electrons. The first-order chi connectivity index (χ1) is 24.5. The summed E-state index contributed by atoms with van der Waals surface area (Å²) in [5.74, 6) is -4.33. The number of Topliss-reactive ketones (excluding diaryl/α,β-unsaturated/α-hetero) is 1. The number of carbonyl (C=O) groups is 5. The Balaban J connectivity index is 1.32.